The molecule has 5 nitrogen and oxygen atoms in total. The van der Waals surface area contributed by atoms with Crippen molar-refractivity contribution in [3.8, 4) is 0 Å². The second-order valence-corrected chi connectivity index (χ2v) is 5.03. The number of nitrogens with zero attached hydrogens (tertiary/aromatic N) is 1. The van der Waals surface area contributed by atoms with E-state index in [1.165, 1.54) is 17.0 Å². The Bertz CT molecular complexity index is 534. The lowest BCUT2D eigenvalue weighted by Gasteiger charge is -2.22. The van der Waals surface area contributed by atoms with Crippen LogP contribution in [-0.2, 0) is 4.79 Å². The van der Waals surface area contributed by atoms with Gasteiger partial charge in [-0.15, -0.1) is 0 Å². The van der Waals surface area contributed by atoms with Crippen LogP contribution in [0.5, 0.6) is 0 Å². The van der Waals surface area contributed by atoms with Crippen LogP contribution >= 0.6 is 11.6 Å². The van der Waals surface area contributed by atoms with Crippen molar-refractivity contribution >= 4 is 29.3 Å². The van der Waals surface area contributed by atoms with Gasteiger partial charge in [-0.3, -0.25) is 4.79 Å². The SMILES string of the molecule is O=C(O)CCN(C(=O)Nc1cc(F)ccc1Cl)C1CC1. The molecular formula is C13H14ClFN2O3. The van der Waals surface area contributed by atoms with E-state index < -0.39 is 17.8 Å². The van der Waals surface area contributed by atoms with Crippen LogP contribution in [0, 0.1) is 5.82 Å². The summed E-state index contributed by atoms with van der Waals surface area (Å²) in [7, 11) is 0. The highest BCUT2D eigenvalue weighted by molar-refractivity contribution is 6.33. The summed E-state index contributed by atoms with van der Waals surface area (Å²) in [6, 6.07) is 3.28. The summed E-state index contributed by atoms with van der Waals surface area (Å²) >= 11 is 5.87. The van der Waals surface area contributed by atoms with Gasteiger partial charge in [0.15, 0.2) is 0 Å². The monoisotopic (exact) mass is 300 g/mol. The standard InChI is InChI=1S/C13H14ClFN2O3/c14-10-4-1-8(15)7-11(10)16-13(20)17(9-2-3-9)6-5-12(18)19/h1,4,7,9H,2-3,5-6H2,(H,16,20)(H,18,19). The minimum absolute atomic E-state index is 0.0571. The van der Waals surface area contributed by atoms with E-state index in [0.29, 0.717) is 0 Å². The van der Waals surface area contributed by atoms with Gasteiger partial charge in [0.25, 0.3) is 0 Å². The predicted molar refractivity (Wildman–Crippen MR) is 72.4 cm³/mol. The lowest BCUT2D eigenvalue weighted by molar-refractivity contribution is -0.137. The first-order valence-electron chi connectivity index (χ1n) is 6.22. The maximum Gasteiger partial charge on any atom is 0.322 e. The molecule has 0 radical (unpaired) electrons. The second-order valence-electron chi connectivity index (χ2n) is 4.62. The molecule has 108 valence electrons. The van der Waals surface area contributed by atoms with Gasteiger partial charge in [-0.2, -0.15) is 0 Å². The number of carbonyl (C=O) groups is 2. The van der Waals surface area contributed by atoms with Gasteiger partial charge in [0, 0.05) is 12.6 Å². The molecule has 1 aromatic carbocycles. The fraction of sp³-hybridized carbons (Fsp3) is 0.385. The first-order chi connectivity index (χ1) is 9.47. The summed E-state index contributed by atoms with van der Waals surface area (Å²) in [6.07, 6.45) is 1.58. The number of anilines is 1. The highest BCUT2D eigenvalue weighted by Gasteiger charge is 2.32. The van der Waals surface area contributed by atoms with Crippen molar-refractivity contribution in [3.63, 3.8) is 0 Å². The molecule has 0 bridgehead atoms. The topological polar surface area (TPSA) is 69.6 Å². The minimum Gasteiger partial charge on any atom is -0.481 e. The fourth-order valence-corrected chi connectivity index (χ4v) is 2.00. The normalized spacial score (nSPS) is 13.9. The van der Waals surface area contributed by atoms with E-state index in [0.717, 1.165) is 18.9 Å². The van der Waals surface area contributed by atoms with Crippen LogP contribution < -0.4 is 5.32 Å². The third-order valence-corrected chi connectivity index (χ3v) is 3.31. The minimum atomic E-state index is -0.966. The number of carboxylic acids is 1. The molecule has 0 aromatic heterocycles. The zero-order valence-corrected chi connectivity index (χ0v) is 11.4. The van der Waals surface area contributed by atoms with Gasteiger partial charge >= 0.3 is 12.0 Å². The van der Waals surface area contributed by atoms with Crippen molar-refractivity contribution in [2.24, 2.45) is 0 Å². The van der Waals surface area contributed by atoms with E-state index in [1.54, 1.807) is 0 Å². The van der Waals surface area contributed by atoms with Crippen molar-refractivity contribution in [1.29, 1.82) is 0 Å². The Morgan fingerprint density at radius 1 is 1.45 bits per heavy atom. The van der Waals surface area contributed by atoms with Gasteiger partial charge in [0.1, 0.15) is 5.82 Å². The molecule has 0 spiro atoms. The number of hydrogen-bond acceptors (Lipinski definition) is 2. The first-order valence-corrected chi connectivity index (χ1v) is 6.59. The smallest absolute Gasteiger partial charge is 0.322 e. The number of carbonyl (C=O) groups excluding carboxylic acids is 1. The lowest BCUT2D eigenvalue weighted by Crippen LogP contribution is -2.38. The van der Waals surface area contributed by atoms with Gasteiger partial charge in [-0.05, 0) is 31.0 Å². The van der Waals surface area contributed by atoms with E-state index in [2.05, 4.69) is 5.32 Å². The molecule has 20 heavy (non-hydrogen) atoms. The Labute approximate surface area is 120 Å². The molecule has 0 unspecified atom stereocenters. The Morgan fingerprint density at radius 3 is 2.75 bits per heavy atom. The molecule has 1 fully saturated rings. The molecule has 2 amide bonds. The first kappa shape index (κ1) is 14.6. The number of urea groups is 1. The Hall–Kier alpha value is -1.82. The van der Waals surface area contributed by atoms with Crippen LogP contribution in [0.25, 0.3) is 0 Å². The summed E-state index contributed by atoms with van der Waals surface area (Å²) in [6.45, 7) is 0.124. The summed E-state index contributed by atoms with van der Waals surface area (Å²) in [5.74, 6) is -1.47. The van der Waals surface area contributed by atoms with E-state index in [1.807, 2.05) is 0 Å². The molecule has 1 aliphatic carbocycles. The van der Waals surface area contributed by atoms with Gasteiger partial charge in [0.05, 0.1) is 17.1 Å². The molecule has 2 N–H and O–H groups in total. The van der Waals surface area contributed by atoms with Crippen molar-refractivity contribution in [2.45, 2.75) is 25.3 Å². The maximum absolute atomic E-state index is 13.1. The van der Waals surface area contributed by atoms with Gasteiger partial charge in [-0.1, -0.05) is 11.6 Å². The zero-order valence-electron chi connectivity index (χ0n) is 10.6. The number of rotatable bonds is 5. The largest absolute Gasteiger partial charge is 0.481 e. The molecule has 2 rings (SSSR count). The average Bonchev–Trinajstić information content (AvgIpc) is 3.18. The van der Waals surface area contributed by atoms with Gasteiger partial charge in [0.2, 0.25) is 0 Å². The Balaban J connectivity index is 2.04. The van der Waals surface area contributed by atoms with Crippen LogP contribution in [0.3, 0.4) is 0 Å². The zero-order chi connectivity index (χ0) is 14.7. The maximum atomic E-state index is 13.1. The Kier molecular flexibility index (Phi) is 4.44. The average molecular weight is 301 g/mol. The quantitative estimate of drug-likeness (QED) is 0.878. The van der Waals surface area contributed by atoms with E-state index in [4.69, 9.17) is 16.7 Å². The van der Waals surface area contributed by atoms with Crippen LogP contribution in [-0.4, -0.2) is 34.6 Å². The molecule has 0 heterocycles. The van der Waals surface area contributed by atoms with Crippen molar-refractivity contribution in [1.82, 2.24) is 4.90 Å². The number of benzene rings is 1. The van der Waals surface area contributed by atoms with E-state index in [-0.39, 0.29) is 29.7 Å². The highest BCUT2D eigenvalue weighted by atomic mass is 35.5. The molecule has 0 aliphatic heterocycles. The predicted octanol–water partition coefficient (Wildman–Crippen LogP) is 2.95. The number of hydrogen-bond donors (Lipinski definition) is 2. The number of amides is 2. The summed E-state index contributed by atoms with van der Waals surface area (Å²) in [5.41, 5.74) is 0.178. The fourth-order valence-electron chi connectivity index (χ4n) is 1.83. The summed E-state index contributed by atoms with van der Waals surface area (Å²) in [4.78, 5) is 24.2. The number of carboxylic acid groups (broad SMARTS) is 1. The lowest BCUT2D eigenvalue weighted by atomic mass is 10.3. The molecule has 1 aromatic rings. The molecule has 7 heteroatoms. The van der Waals surface area contributed by atoms with Crippen LogP contribution in [0.1, 0.15) is 19.3 Å². The van der Waals surface area contributed by atoms with Crippen LogP contribution in [0.4, 0.5) is 14.9 Å². The third-order valence-electron chi connectivity index (χ3n) is 2.99. The van der Waals surface area contributed by atoms with Crippen molar-refractivity contribution < 1.29 is 19.1 Å². The molecule has 1 aliphatic rings. The van der Waals surface area contributed by atoms with Gasteiger partial charge < -0.3 is 15.3 Å². The number of nitrogens with one attached hydrogen (secondary N) is 1. The molecule has 0 saturated heterocycles. The van der Waals surface area contributed by atoms with E-state index in [9.17, 15) is 14.0 Å². The van der Waals surface area contributed by atoms with Crippen molar-refractivity contribution in [3.05, 3.63) is 29.0 Å². The molecule has 0 atom stereocenters. The van der Waals surface area contributed by atoms with Crippen LogP contribution in [0.15, 0.2) is 18.2 Å². The van der Waals surface area contributed by atoms with Gasteiger partial charge in [-0.25, -0.2) is 9.18 Å². The number of aliphatic carboxylic acids is 1. The van der Waals surface area contributed by atoms with Crippen molar-refractivity contribution in [2.75, 3.05) is 11.9 Å². The third kappa shape index (κ3) is 3.84. The second kappa shape index (κ2) is 6.09. The van der Waals surface area contributed by atoms with E-state index >= 15 is 0 Å². The Morgan fingerprint density at radius 2 is 2.15 bits per heavy atom. The summed E-state index contributed by atoms with van der Waals surface area (Å²) in [5, 5.41) is 11.4. The molecular weight excluding hydrogens is 287 g/mol. The molecule has 1 saturated carbocycles. The summed E-state index contributed by atoms with van der Waals surface area (Å²) < 4.78 is 13.1. The number of halogens is 2. The highest BCUT2D eigenvalue weighted by Crippen LogP contribution is 2.29. The van der Waals surface area contributed by atoms with Crippen LogP contribution in [0.2, 0.25) is 5.02 Å².